The van der Waals surface area contributed by atoms with Gasteiger partial charge in [0.2, 0.25) is 0 Å². The monoisotopic (exact) mass is 860 g/mol. The van der Waals surface area contributed by atoms with E-state index in [2.05, 4.69) is 174 Å². The maximum absolute atomic E-state index is 7.00. The third kappa shape index (κ3) is 5.92. The highest BCUT2D eigenvalue weighted by Crippen LogP contribution is 2.52. The number of hydrogen-bond acceptors (Lipinski definition) is 2. The van der Waals surface area contributed by atoms with E-state index in [-0.39, 0.29) is 6.10 Å². The van der Waals surface area contributed by atoms with Crippen LogP contribution in [0.4, 0.5) is 0 Å². The highest BCUT2D eigenvalue weighted by atomic mass is 32.1. The molecule has 8 aromatic rings. The first kappa shape index (κ1) is 38.0. The molecular formula is C61H52N2OS. The van der Waals surface area contributed by atoms with E-state index >= 15 is 0 Å². The molecule has 0 bridgehead atoms. The standard InChI is InChI=1S/C61H52N2OS/c1-37-30-56-51(45-19-9-11-21-53(45)62(56)42-16-6-3-7-17-42)36-48(37)40-25-28-55-50(32-40)44-18-8-12-22-54(44)63(55)43-34-49(61-47-20-10-13-23-57(47)64-58(61)35-43)41-24-27-46-52-31-39(38-14-4-2-5-15-38)26-29-59(52)65-60(46)33-41/h3-4,6-11,13-19,21,24-29,31,33-35,37,40,47-48,57H,2,5,12,20,22-23,30,32,36H2,1H3. The van der Waals surface area contributed by atoms with E-state index in [4.69, 9.17) is 4.74 Å². The first-order valence-corrected chi connectivity index (χ1v) is 25.1. The molecule has 5 atom stereocenters. The largest absolute Gasteiger partial charge is 0.489 e. The van der Waals surface area contributed by atoms with E-state index in [0.717, 1.165) is 63.5 Å². The molecular weight excluding hydrogens is 809 g/mol. The summed E-state index contributed by atoms with van der Waals surface area (Å²) >= 11 is 1.93. The molecule has 14 rings (SSSR count). The lowest BCUT2D eigenvalue weighted by molar-refractivity contribution is 0.204. The Morgan fingerprint density at radius 1 is 0.631 bits per heavy atom. The van der Waals surface area contributed by atoms with Gasteiger partial charge in [0.1, 0.15) is 11.9 Å². The van der Waals surface area contributed by atoms with Crippen LogP contribution in [0.2, 0.25) is 0 Å². The molecule has 0 saturated heterocycles. The van der Waals surface area contributed by atoms with Crippen LogP contribution in [0.15, 0.2) is 146 Å². The zero-order valence-electron chi connectivity index (χ0n) is 37.0. The molecule has 3 aromatic heterocycles. The summed E-state index contributed by atoms with van der Waals surface area (Å²) < 4.78 is 14.9. The smallest absolute Gasteiger partial charge is 0.126 e. The number of benzene rings is 5. The Morgan fingerprint density at radius 2 is 1.51 bits per heavy atom. The first-order chi connectivity index (χ1) is 32.1. The lowest BCUT2D eigenvalue weighted by Gasteiger charge is -2.36. The van der Waals surface area contributed by atoms with Crippen LogP contribution in [-0.2, 0) is 25.7 Å². The van der Waals surface area contributed by atoms with Gasteiger partial charge in [-0.05, 0) is 157 Å². The van der Waals surface area contributed by atoms with Crippen LogP contribution in [0.1, 0.15) is 89.8 Å². The average molecular weight is 861 g/mol. The second-order valence-electron chi connectivity index (χ2n) is 19.7. The minimum atomic E-state index is 0.189. The molecule has 0 N–H and O–H groups in total. The summed E-state index contributed by atoms with van der Waals surface area (Å²) in [5, 5.41) is 4.13. The number of allylic oxidation sites excluding steroid dienone is 7. The number of ether oxygens (including phenoxy) is 1. The lowest BCUT2D eigenvalue weighted by atomic mass is 9.69. The average Bonchev–Trinajstić information content (AvgIpc) is 4.10. The van der Waals surface area contributed by atoms with E-state index in [1.807, 2.05) is 11.3 Å². The van der Waals surface area contributed by atoms with Crippen LogP contribution >= 0.6 is 11.3 Å². The first-order valence-electron chi connectivity index (χ1n) is 24.2. The summed E-state index contributed by atoms with van der Waals surface area (Å²) in [7, 11) is 0. The van der Waals surface area contributed by atoms with E-state index in [0.29, 0.717) is 23.7 Å². The van der Waals surface area contributed by atoms with Crippen LogP contribution in [0.5, 0.6) is 5.75 Å². The molecule has 4 heterocycles. The van der Waals surface area contributed by atoms with Crippen molar-refractivity contribution in [3.8, 4) is 28.3 Å². The van der Waals surface area contributed by atoms with Crippen molar-refractivity contribution in [3.63, 3.8) is 0 Å². The molecule has 1 aliphatic heterocycles. The lowest BCUT2D eigenvalue weighted by Crippen LogP contribution is -2.31. The van der Waals surface area contributed by atoms with E-state index in [1.54, 1.807) is 5.56 Å². The molecule has 65 heavy (non-hydrogen) atoms. The molecule has 0 amide bonds. The van der Waals surface area contributed by atoms with Crippen molar-refractivity contribution in [1.82, 2.24) is 9.13 Å². The number of aromatic nitrogens is 2. The topological polar surface area (TPSA) is 19.1 Å². The minimum Gasteiger partial charge on any atom is -0.489 e. The summed E-state index contributed by atoms with van der Waals surface area (Å²) in [5.41, 5.74) is 19.4. The Hall–Kier alpha value is -6.36. The highest BCUT2D eigenvalue weighted by Gasteiger charge is 2.40. The van der Waals surface area contributed by atoms with Gasteiger partial charge in [0.15, 0.2) is 0 Å². The van der Waals surface area contributed by atoms with Crippen molar-refractivity contribution in [2.24, 2.45) is 17.8 Å². The Bertz CT molecular complexity index is 3430. The number of fused-ring (bicyclic) bond motifs is 12. The summed E-state index contributed by atoms with van der Waals surface area (Å²) in [6.07, 6.45) is 31.5. The van der Waals surface area contributed by atoms with Crippen molar-refractivity contribution < 1.29 is 4.74 Å². The van der Waals surface area contributed by atoms with Crippen LogP contribution in [0, 0.1) is 17.8 Å². The molecule has 0 radical (unpaired) electrons. The van der Waals surface area contributed by atoms with Gasteiger partial charge in [-0.15, -0.1) is 11.3 Å². The van der Waals surface area contributed by atoms with Gasteiger partial charge in [-0.25, -0.2) is 0 Å². The third-order valence-corrected chi connectivity index (χ3v) is 17.2. The Morgan fingerprint density at radius 3 is 2.43 bits per heavy atom. The summed E-state index contributed by atoms with van der Waals surface area (Å²) in [6, 6.07) is 39.4. The predicted octanol–water partition coefficient (Wildman–Crippen LogP) is 15.6. The molecule has 5 aliphatic carbocycles. The van der Waals surface area contributed by atoms with Crippen molar-refractivity contribution in [3.05, 3.63) is 191 Å². The van der Waals surface area contributed by atoms with Crippen LogP contribution in [0.3, 0.4) is 0 Å². The molecule has 5 aromatic carbocycles. The number of para-hydroxylation sites is 2. The molecule has 6 aliphatic rings. The maximum atomic E-state index is 7.00. The van der Waals surface area contributed by atoms with E-state index in [9.17, 15) is 0 Å². The molecule has 0 fully saturated rings. The fourth-order valence-corrected chi connectivity index (χ4v) is 14.1. The number of thiophene rings is 1. The summed E-state index contributed by atoms with van der Waals surface area (Å²) in [4.78, 5) is 0. The number of hydrogen-bond donors (Lipinski definition) is 0. The molecule has 0 saturated carbocycles. The Balaban J connectivity index is 0.863. The normalized spacial score (nSPS) is 22.7. The fourth-order valence-electron chi connectivity index (χ4n) is 13.0. The Kier molecular flexibility index (Phi) is 8.66. The van der Waals surface area contributed by atoms with Gasteiger partial charge in [-0.1, -0.05) is 110 Å². The van der Waals surface area contributed by atoms with E-state index in [1.165, 1.54) is 98.5 Å². The van der Waals surface area contributed by atoms with E-state index < -0.39 is 0 Å². The van der Waals surface area contributed by atoms with Crippen LogP contribution in [-0.4, -0.2) is 15.2 Å². The van der Waals surface area contributed by atoms with Gasteiger partial charge in [-0.2, -0.15) is 0 Å². The second-order valence-corrected chi connectivity index (χ2v) is 20.7. The minimum absolute atomic E-state index is 0.189. The van der Waals surface area contributed by atoms with Crippen molar-refractivity contribution in [1.29, 1.82) is 0 Å². The fraction of sp³-hybridized carbons (Fsp3) is 0.246. The van der Waals surface area contributed by atoms with Crippen molar-refractivity contribution in [2.45, 2.75) is 76.7 Å². The van der Waals surface area contributed by atoms with Gasteiger partial charge in [-0.3, -0.25) is 0 Å². The van der Waals surface area contributed by atoms with Crippen LogP contribution < -0.4 is 4.74 Å². The maximum Gasteiger partial charge on any atom is 0.126 e. The van der Waals surface area contributed by atoms with Crippen molar-refractivity contribution in [2.75, 3.05) is 0 Å². The van der Waals surface area contributed by atoms with Gasteiger partial charge < -0.3 is 13.9 Å². The molecule has 0 spiro atoms. The molecule has 5 unspecified atom stereocenters. The quantitative estimate of drug-likeness (QED) is 0.158. The number of nitrogens with zero attached hydrogens (tertiary/aromatic N) is 2. The SMILES string of the molecule is CC1Cc2c(c3ccccc3n2-c2ccccc2)CC1C1C=Cc2c(c3c(n2-c2cc4c(c(-c5ccc6c(c5)sc5ccc(C7=CCCC=C7)cc56)c2)C2CC=CCC2O4)CCC=C3)C1. The van der Waals surface area contributed by atoms with Crippen LogP contribution in [0.25, 0.3) is 71.3 Å². The van der Waals surface area contributed by atoms with Gasteiger partial charge in [0.05, 0.1) is 11.2 Å². The van der Waals surface area contributed by atoms with Gasteiger partial charge in [0, 0.05) is 72.3 Å². The summed E-state index contributed by atoms with van der Waals surface area (Å²) in [5.74, 6) is 3.07. The van der Waals surface area contributed by atoms with Crippen molar-refractivity contribution >= 4 is 60.1 Å². The third-order valence-electron chi connectivity index (χ3n) is 16.1. The van der Waals surface area contributed by atoms with Gasteiger partial charge in [0.25, 0.3) is 0 Å². The predicted molar refractivity (Wildman–Crippen MR) is 273 cm³/mol. The summed E-state index contributed by atoms with van der Waals surface area (Å²) in [6.45, 7) is 2.52. The Labute approximate surface area is 385 Å². The van der Waals surface area contributed by atoms with Gasteiger partial charge >= 0.3 is 0 Å². The highest BCUT2D eigenvalue weighted by molar-refractivity contribution is 7.25. The molecule has 318 valence electrons. The zero-order chi connectivity index (χ0) is 42.8. The molecule has 3 nitrogen and oxygen atoms in total. The number of rotatable bonds is 5. The molecule has 4 heteroatoms. The second kappa shape index (κ2) is 14.8. The zero-order valence-corrected chi connectivity index (χ0v) is 37.8.